The number of H-pyrrole nitrogens is 1. The van der Waals surface area contributed by atoms with Crippen molar-refractivity contribution in [1.29, 1.82) is 5.26 Å². The van der Waals surface area contributed by atoms with Crippen molar-refractivity contribution >= 4 is 28.5 Å². The first-order valence-corrected chi connectivity index (χ1v) is 12.3. The third kappa shape index (κ3) is 4.64. The fourth-order valence-electron chi connectivity index (χ4n) is 4.43. The first kappa shape index (κ1) is 23.5. The molecule has 0 saturated carbocycles. The number of anilines is 3. The lowest BCUT2D eigenvalue weighted by Crippen LogP contribution is -2.18. The van der Waals surface area contributed by atoms with Crippen molar-refractivity contribution in [3.05, 3.63) is 36.3 Å². The number of nitrogens with one attached hydrogen (secondary N) is 3. The summed E-state index contributed by atoms with van der Waals surface area (Å²) in [6.45, 7) is 5.24. The minimum atomic E-state index is 0.201. The lowest BCUT2D eigenvalue weighted by atomic mass is 10.1. The summed E-state index contributed by atoms with van der Waals surface area (Å²) in [6.07, 6.45) is 9.92. The molecule has 4 aromatic rings. The molecule has 1 aromatic carbocycles. The van der Waals surface area contributed by atoms with E-state index in [2.05, 4.69) is 45.6 Å². The predicted octanol–water partition coefficient (Wildman–Crippen LogP) is 5.13. The van der Waals surface area contributed by atoms with Gasteiger partial charge < -0.3 is 25.1 Å². The number of unbranched alkanes of at least 4 members (excludes halogenated alkanes) is 2. The number of nitriles is 1. The maximum atomic E-state index is 9.61. The van der Waals surface area contributed by atoms with Crippen molar-refractivity contribution in [2.45, 2.75) is 45.6 Å². The van der Waals surface area contributed by atoms with Crippen LogP contribution in [0.15, 0.2) is 30.7 Å². The lowest BCUT2D eigenvalue weighted by Gasteiger charge is -2.23. The van der Waals surface area contributed by atoms with Gasteiger partial charge in [-0.3, -0.25) is 4.68 Å². The van der Waals surface area contributed by atoms with Gasteiger partial charge >= 0.3 is 0 Å². The Morgan fingerprint density at radius 2 is 2.03 bits per heavy atom. The minimum Gasteiger partial charge on any atom is -0.485 e. The van der Waals surface area contributed by atoms with Crippen LogP contribution >= 0.6 is 0 Å². The molecule has 10 heteroatoms. The highest BCUT2D eigenvalue weighted by Gasteiger charge is 2.23. The van der Waals surface area contributed by atoms with E-state index in [1.54, 1.807) is 17.1 Å². The molecule has 5 rings (SSSR count). The van der Waals surface area contributed by atoms with Gasteiger partial charge in [0.25, 0.3) is 0 Å². The number of hydrogen-bond acceptors (Lipinski definition) is 8. The summed E-state index contributed by atoms with van der Waals surface area (Å²) in [5, 5.41) is 21.4. The molecule has 0 spiro atoms. The molecular weight excluding hydrogens is 456 g/mol. The zero-order chi connectivity index (χ0) is 25.1. The Labute approximate surface area is 209 Å². The SMILES string of the molecule is CCCCCC(C)Nc1nc(Nc2ccc(-c3cnn(C)c3)c3c2OCCO3)nc2[nH]cc(C#N)c12. The van der Waals surface area contributed by atoms with Crippen molar-refractivity contribution in [1.82, 2.24) is 24.7 Å². The smallest absolute Gasteiger partial charge is 0.231 e. The topological polar surface area (TPSA) is 126 Å². The van der Waals surface area contributed by atoms with Gasteiger partial charge in [0.05, 0.1) is 22.8 Å². The van der Waals surface area contributed by atoms with Crippen LogP contribution in [0.1, 0.15) is 45.1 Å². The zero-order valence-corrected chi connectivity index (χ0v) is 20.8. The zero-order valence-electron chi connectivity index (χ0n) is 20.8. The maximum Gasteiger partial charge on any atom is 0.231 e. The molecule has 1 atom stereocenters. The van der Waals surface area contributed by atoms with Crippen LogP contribution in [0.5, 0.6) is 11.5 Å². The van der Waals surface area contributed by atoms with E-state index in [4.69, 9.17) is 14.5 Å². The van der Waals surface area contributed by atoms with Gasteiger partial charge in [0.1, 0.15) is 30.7 Å². The lowest BCUT2D eigenvalue weighted by molar-refractivity contribution is 0.173. The van der Waals surface area contributed by atoms with E-state index < -0.39 is 0 Å². The molecule has 186 valence electrons. The van der Waals surface area contributed by atoms with E-state index >= 15 is 0 Å². The predicted molar refractivity (Wildman–Crippen MR) is 139 cm³/mol. The second-order valence-corrected chi connectivity index (χ2v) is 9.02. The molecule has 0 aliphatic carbocycles. The fourth-order valence-corrected chi connectivity index (χ4v) is 4.43. The van der Waals surface area contributed by atoms with E-state index in [-0.39, 0.29) is 6.04 Å². The van der Waals surface area contributed by atoms with Gasteiger partial charge in [-0.2, -0.15) is 20.3 Å². The van der Waals surface area contributed by atoms with Gasteiger partial charge in [0.2, 0.25) is 5.95 Å². The number of aromatic amines is 1. The normalized spacial score (nSPS) is 13.4. The van der Waals surface area contributed by atoms with Crippen molar-refractivity contribution in [3.8, 4) is 28.7 Å². The largest absolute Gasteiger partial charge is 0.485 e. The number of rotatable bonds is 9. The number of aryl methyl sites for hydroxylation is 1. The summed E-state index contributed by atoms with van der Waals surface area (Å²) in [5.74, 6) is 2.29. The van der Waals surface area contributed by atoms with Crippen LogP contribution in [0.3, 0.4) is 0 Å². The minimum absolute atomic E-state index is 0.201. The van der Waals surface area contributed by atoms with E-state index in [0.717, 1.165) is 24.0 Å². The van der Waals surface area contributed by atoms with Crippen molar-refractivity contribution < 1.29 is 9.47 Å². The number of fused-ring (bicyclic) bond motifs is 2. The average molecular weight is 487 g/mol. The van der Waals surface area contributed by atoms with E-state index in [0.29, 0.717) is 58.8 Å². The van der Waals surface area contributed by atoms with Crippen LogP contribution in [0, 0.1) is 11.3 Å². The van der Waals surface area contributed by atoms with Crippen molar-refractivity contribution in [2.75, 3.05) is 23.8 Å². The van der Waals surface area contributed by atoms with Crippen molar-refractivity contribution in [2.24, 2.45) is 7.05 Å². The van der Waals surface area contributed by atoms with Crippen LogP contribution in [0.4, 0.5) is 17.5 Å². The summed E-state index contributed by atoms with van der Waals surface area (Å²) in [6, 6.07) is 6.34. The first-order valence-electron chi connectivity index (χ1n) is 12.3. The number of nitrogens with zero attached hydrogens (tertiary/aromatic N) is 5. The maximum absolute atomic E-state index is 9.61. The molecule has 3 aromatic heterocycles. The molecule has 0 radical (unpaired) electrons. The van der Waals surface area contributed by atoms with E-state index in [1.165, 1.54) is 12.8 Å². The molecule has 36 heavy (non-hydrogen) atoms. The van der Waals surface area contributed by atoms with Gasteiger partial charge in [0.15, 0.2) is 11.5 Å². The molecule has 0 amide bonds. The third-order valence-electron chi connectivity index (χ3n) is 6.23. The summed E-state index contributed by atoms with van der Waals surface area (Å²) in [4.78, 5) is 12.5. The van der Waals surface area contributed by atoms with Crippen LogP contribution in [-0.4, -0.2) is 44.0 Å². The fraction of sp³-hybridized carbons (Fsp3) is 0.385. The van der Waals surface area contributed by atoms with Crippen LogP contribution in [0.25, 0.3) is 22.2 Å². The highest BCUT2D eigenvalue weighted by Crippen LogP contribution is 2.45. The Kier molecular flexibility index (Phi) is 6.62. The molecule has 1 aliphatic heterocycles. The Morgan fingerprint density at radius 3 is 2.78 bits per heavy atom. The van der Waals surface area contributed by atoms with E-state index in [1.807, 2.05) is 25.4 Å². The Hall–Kier alpha value is -4.26. The standard InChI is InChI=1S/C26H30N8O2/c1-4-5-6-7-16(2)30-25-21-17(12-27)13-28-24(21)32-26(33-25)31-20-9-8-19(18-14-29-34(3)15-18)22-23(20)36-11-10-35-22/h8-9,13-16H,4-7,10-11H2,1-3H3,(H3,28,30,31,32,33). The molecule has 1 unspecified atom stereocenters. The highest BCUT2D eigenvalue weighted by molar-refractivity contribution is 5.94. The van der Waals surface area contributed by atoms with Gasteiger partial charge in [-0.05, 0) is 25.5 Å². The molecule has 4 heterocycles. The molecule has 0 bridgehead atoms. The Balaban J connectivity index is 1.49. The molecule has 3 N–H and O–H groups in total. The molecular formula is C26H30N8O2. The van der Waals surface area contributed by atoms with Crippen LogP contribution < -0.4 is 20.1 Å². The molecule has 0 saturated heterocycles. The second-order valence-electron chi connectivity index (χ2n) is 9.02. The third-order valence-corrected chi connectivity index (χ3v) is 6.23. The molecule has 10 nitrogen and oxygen atoms in total. The summed E-state index contributed by atoms with van der Waals surface area (Å²) in [5.41, 5.74) is 3.65. The monoisotopic (exact) mass is 486 g/mol. The second kappa shape index (κ2) is 10.2. The van der Waals surface area contributed by atoms with Gasteiger partial charge in [-0.25, -0.2) is 0 Å². The number of benzene rings is 1. The Morgan fingerprint density at radius 1 is 1.19 bits per heavy atom. The van der Waals surface area contributed by atoms with Gasteiger partial charge in [-0.15, -0.1) is 0 Å². The van der Waals surface area contributed by atoms with E-state index in [9.17, 15) is 5.26 Å². The average Bonchev–Trinajstić information content (AvgIpc) is 3.50. The summed E-state index contributed by atoms with van der Waals surface area (Å²) >= 11 is 0. The first-order chi connectivity index (χ1) is 17.6. The van der Waals surface area contributed by atoms with Gasteiger partial charge in [-0.1, -0.05) is 26.2 Å². The molecule has 0 fully saturated rings. The van der Waals surface area contributed by atoms with Crippen LogP contribution in [-0.2, 0) is 7.05 Å². The van der Waals surface area contributed by atoms with Crippen LogP contribution in [0.2, 0.25) is 0 Å². The summed E-state index contributed by atoms with van der Waals surface area (Å²) in [7, 11) is 1.88. The molecule has 1 aliphatic rings. The highest BCUT2D eigenvalue weighted by atomic mass is 16.6. The van der Waals surface area contributed by atoms with Gasteiger partial charge in [0, 0.05) is 36.6 Å². The summed E-state index contributed by atoms with van der Waals surface area (Å²) < 4.78 is 13.8. The quantitative estimate of drug-likeness (QED) is 0.278. The Bertz CT molecular complexity index is 1420. The van der Waals surface area contributed by atoms with Crippen molar-refractivity contribution in [3.63, 3.8) is 0 Å². The number of hydrogen-bond donors (Lipinski definition) is 3. The number of aromatic nitrogens is 5. The number of ether oxygens (including phenoxy) is 2.